The molecular formula is C15H12Cl2N2O. The van der Waals surface area contributed by atoms with Crippen LogP contribution >= 0.6 is 23.2 Å². The highest BCUT2D eigenvalue weighted by Crippen LogP contribution is 2.24. The van der Waals surface area contributed by atoms with Crippen LogP contribution in [0, 0.1) is 0 Å². The quantitative estimate of drug-likeness (QED) is 0.797. The first-order valence-corrected chi connectivity index (χ1v) is 6.93. The maximum atomic E-state index is 9.47. The minimum Gasteiger partial charge on any atom is -0.388 e. The maximum absolute atomic E-state index is 9.47. The van der Waals surface area contributed by atoms with E-state index in [-0.39, 0.29) is 6.61 Å². The summed E-state index contributed by atoms with van der Waals surface area (Å²) < 4.78 is 1.96. The van der Waals surface area contributed by atoms with Gasteiger partial charge in [0, 0.05) is 10.0 Å². The number of fused-ring (bicyclic) bond motifs is 1. The van der Waals surface area contributed by atoms with Gasteiger partial charge < -0.3 is 9.67 Å². The van der Waals surface area contributed by atoms with Gasteiger partial charge in [0.2, 0.25) is 0 Å². The van der Waals surface area contributed by atoms with Gasteiger partial charge in [-0.25, -0.2) is 4.98 Å². The highest BCUT2D eigenvalue weighted by atomic mass is 35.5. The SMILES string of the molecule is OCc1nc2ccccc2n1Cc1ccc(Cl)cc1Cl. The van der Waals surface area contributed by atoms with Gasteiger partial charge in [0.25, 0.3) is 0 Å². The summed E-state index contributed by atoms with van der Waals surface area (Å²) in [5.74, 6) is 0.622. The normalized spacial score (nSPS) is 11.2. The molecule has 0 atom stereocenters. The third kappa shape index (κ3) is 2.40. The van der Waals surface area contributed by atoms with Crippen LogP contribution in [0.4, 0.5) is 0 Å². The minimum absolute atomic E-state index is 0.111. The molecule has 0 radical (unpaired) electrons. The molecule has 0 aliphatic heterocycles. The molecule has 0 spiro atoms. The first kappa shape index (κ1) is 13.4. The van der Waals surface area contributed by atoms with Crippen LogP contribution in [0.25, 0.3) is 11.0 Å². The summed E-state index contributed by atoms with van der Waals surface area (Å²) >= 11 is 12.1. The molecule has 0 bridgehead atoms. The van der Waals surface area contributed by atoms with E-state index in [9.17, 15) is 5.11 Å². The van der Waals surface area contributed by atoms with Crippen molar-refractivity contribution >= 4 is 34.2 Å². The third-order valence-corrected chi connectivity index (χ3v) is 3.81. The van der Waals surface area contributed by atoms with Crippen molar-refractivity contribution in [3.8, 4) is 0 Å². The van der Waals surface area contributed by atoms with Gasteiger partial charge in [-0.05, 0) is 29.8 Å². The number of aliphatic hydroxyl groups excluding tert-OH is 1. The number of aromatic nitrogens is 2. The van der Waals surface area contributed by atoms with Gasteiger partial charge in [-0.1, -0.05) is 41.4 Å². The van der Waals surface area contributed by atoms with Gasteiger partial charge in [-0.3, -0.25) is 0 Å². The van der Waals surface area contributed by atoms with E-state index >= 15 is 0 Å². The highest BCUT2D eigenvalue weighted by molar-refractivity contribution is 6.35. The Morgan fingerprint density at radius 1 is 1.10 bits per heavy atom. The standard InChI is InChI=1S/C15H12Cl2N2O/c16-11-6-5-10(12(17)7-11)8-19-14-4-2-1-3-13(14)18-15(19)9-20/h1-7,20H,8-9H2. The van der Waals surface area contributed by atoms with Crippen LogP contribution in [0.15, 0.2) is 42.5 Å². The summed E-state index contributed by atoms with van der Waals surface area (Å²) in [6.07, 6.45) is 0. The second kappa shape index (κ2) is 5.44. The van der Waals surface area contributed by atoms with E-state index in [4.69, 9.17) is 23.2 Å². The van der Waals surface area contributed by atoms with Crippen LogP contribution in [-0.4, -0.2) is 14.7 Å². The summed E-state index contributed by atoms with van der Waals surface area (Å²) in [5, 5.41) is 10.7. The first-order valence-electron chi connectivity index (χ1n) is 6.18. The molecule has 0 aliphatic rings. The fourth-order valence-corrected chi connectivity index (χ4v) is 2.71. The lowest BCUT2D eigenvalue weighted by Crippen LogP contribution is -2.05. The largest absolute Gasteiger partial charge is 0.388 e. The number of imidazole rings is 1. The van der Waals surface area contributed by atoms with Gasteiger partial charge in [0.1, 0.15) is 12.4 Å². The van der Waals surface area contributed by atoms with Crippen LogP contribution in [0.2, 0.25) is 10.0 Å². The number of aliphatic hydroxyl groups is 1. The first-order chi connectivity index (χ1) is 9.69. The summed E-state index contributed by atoms with van der Waals surface area (Å²) in [6, 6.07) is 13.2. The molecule has 102 valence electrons. The number of halogens is 2. The average Bonchev–Trinajstić information content (AvgIpc) is 2.80. The Balaban J connectivity index is 2.09. The van der Waals surface area contributed by atoms with Crippen LogP contribution in [-0.2, 0) is 13.2 Å². The van der Waals surface area contributed by atoms with E-state index < -0.39 is 0 Å². The zero-order valence-electron chi connectivity index (χ0n) is 10.6. The summed E-state index contributed by atoms with van der Waals surface area (Å²) in [7, 11) is 0. The zero-order chi connectivity index (χ0) is 14.1. The molecule has 1 aromatic heterocycles. The molecule has 5 heteroatoms. The van der Waals surface area contributed by atoms with Crippen molar-refractivity contribution in [2.45, 2.75) is 13.2 Å². The fourth-order valence-electron chi connectivity index (χ4n) is 2.24. The van der Waals surface area contributed by atoms with Crippen molar-refractivity contribution in [1.29, 1.82) is 0 Å². The molecule has 0 aliphatic carbocycles. The average molecular weight is 307 g/mol. The molecule has 1 heterocycles. The number of hydrogen-bond donors (Lipinski definition) is 1. The molecule has 1 N–H and O–H groups in total. The van der Waals surface area contributed by atoms with Crippen molar-refractivity contribution in [2.24, 2.45) is 0 Å². The highest BCUT2D eigenvalue weighted by Gasteiger charge is 2.11. The number of para-hydroxylation sites is 2. The van der Waals surface area contributed by atoms with E-state index in [1.165, 1.54) is 0 Å². The summed E-state index contributed by atoms with van der Waals surface area (Å²) in [5.41, 5.74) is 2.78. The molecule has 0 saturated heterocycles. The lowest BCUT2D eigenvalue weighted by molar-refractivity contribution is 0.267. The monoisotopic (exact) mass is 306 g/mol. The topological polar surface area (TPSA) is 38.1 Å². The van der Waals surface area contributed by atoms with Crippen molar-refractivity contribution in [2.75, 3.05) is 0 Å². The van der Waals surface area contributed by atoms with Gasteiger partial charge in [0.15, 0.2) is 0 Å². The van der Waals surface area contributed by atoms with Crippen molar-refractivity contribution in [3.05, 3.63) is 63.9 Å². The molecule has 3 aromatic rings. The van der Waals surface area contributed by atoms with Crippen LogP contribution in [0.1, 0.15) is 11.4 Å². The Labute approximate surface area is 126 Å². The molecular weight excluding hydrogens is 295 g/mol. The van der Waals surface area contributed by atoms with Crippen LogP contribution in [0.5, 0.6) is 0 Å². The molecule has 0 saturated carbocycles. The lowest BCUT2D eigenvalue weighted by Gasteiger charge is -2.10. The molecule has 3 nitrogen and oxygen atoms in total. The van der Waals surface area contributed by atoms with Gasteiger partial charge >= 0.3 is 0 Å². The Bertz CT molecular complexity index is 768. The van der Waals surface area contributed by atoms with Crippen molar-refractivity contribution in [3.63, 3.8) is 0 Å². The number of nitrogens with zero attached hydrogens (tertiary/aromatic N) is 2. The van der Waals surface area contributed by atoms with Gasteiger partial charge in [0.05, 0.1) is 17.6 Å². The molecule has 0 fully saturated rings. The molecule has 3 rings (SSSR count). The van der Waals surface area contributed by atoms with E-state index in [0.717, 1.165) is 16.6 Å². The smallest absolute Gasteiger partial charge is 0.136 e. The Hall–Kier alpha value is -1.55. The Kier molecular flexibility index (Phi) is 3.66. The van der Waals surface area contributed by atoms with E-state index in [1.807, 2.05) is 34.9 Å². The van der Waals surface area contributed by atoms with E-state index in [0.29, 0.717) is 22.4 Å². The molecule has 20 heavy (non-hydrogen) atoms. The zero-order valence-corrected chi connectivity index (χ0v) is 12.1. The maximum Gasteiger partial charge on any atom is 0.136 e. The van der Waals surface area contributed by atoms with Crippen molar-refractivity contribution in [1.82, 2.24) is 9.55 Å². The van der Waals surface area contributed by atoms with Crippen molar-refractivity contribution < 1.29 is 5.11 Å². The van der Waals surface area contributed by atoms with E-state index in [1.54, 1.807) is 12.1 Å². The second-order valence-corrected chi connectivity index (χ2v) is 5.34. The lowest BCUT2D eigenvalue weighted by atomic mass is 10.2. The predicted molar refractivity (Wildman–Crippen MR) is 81.2 cm³/mol. The Morgan fingerprint density at radius 2 is 1.90 bits per heavy atom. The fraction of sp³-hybridized carbons (Fsp3) is 0.133. The number of benzene rings is 2. The van der Waals surface area contributed by atoms with Gasteiger partial charge in [-0.2, -0.15) is 0 Å². The summed E-state index contributed by atoms with van der Waals surface area (Å²) in [6.45, 7) is 0.437. The Morgan fingerprint density at radius 3 is 2.65 bits per heavy atom. The predicted octanol–water partition coefficient (Wildman–Crippen LogP) is 3.88. The summed E-state index contributed by atoms with van der Waals surface area (Å²) in [4.78, 5) is 4.42. The molecule has 2 aromatic carbocycles. The third-order valence-electron chi connectivity index (χ3n) is 3.22. The number of hydrogen-bond acceptors (Lipinski definition) is 2. The second-order valence-electron chi connectivity index (χ2n) is 4.50. The van der Waals surface area contributed by atoms with Crippen LogP contribution in [0.3, 0.4) is 0 Å². The van der Waals surface area contributed by atoms with Crippen LogP contribution < -0.4 is 0 Å². The van der Waals surface area contributed by atoms with E-state index in [2.05, 4.69) is 4.98 Å². The minimum atomic E-state index is -0.111. The molecule has 0 amide bonds. The molecule has 0 unspecified atom stereocenters. The van der Waals surface area contributed by atoms with Gasteiger partial charge in [-0.15, -0.1) is 0 Å². The number of rotatable bonds is 3.